The summed E-state index contributed by atoms with van der Waals surface area (Å²) in [7, 11) is 0. The maximum Gasteiger partial charge on any atom is 0.223 e. The minimum absolute atomic E-state index is 0.135. The van der Waals surface area contributed by atoms with E-state index in [1.165, 1.54) is 0 Å². The van der Waals surface area contributed by atoms with Gasteiger partial charge < -0.3 is 10.4 Å². The Labute approximate surface area is 125 Å². The zero-order valence-electron chi connectivity index (χ0n) is 12.2. The summed E-state index contributed by atoms with van der Waals surface area (Å²) in [6.45, 7) is 4.42. The number of amides is 1. The smallest absolute Gasteiger partial charge is 0.223 e. The highest BCUT2D eigenvalue weighted by molar-refractivity contribution is 6.29. The van der Waals surface area contributed by atoms with E-state index in [-0.39, 0.29) is 12.3 Å². The molecule has 20 heavy (non-hydrogen) atoms. The van der Waals surface area contributed by atoms with Crippen LogP contribution in [0.25, 0.3) is 0 Å². The topological polar surface area (TPSA) is 62.2 Å². The normalized spacial score (nSPS) is 11.4. The third-order valence-electron chi connectivity index (χ3n) is 3.20. The van der Waals surface area contributed by atoms with Gasteiger partial charge in [0.2, 0.25) is 5.91 Å². The molecule has 0 aliphatic rings. The Kier molecular flexibility index (Phi) is 6.96. The quantitative estimate of drug-likeness (QED) is 0.725. The number of rotatable bonds is 8. The van der Waals surface area contributed by atoms with Crippen molar-refractivity contribution in [2.24, 2.45) is 0 Å². The van der Waals surface area contributed by atoms with Crippen molar-refractivity contribution in [3.8, 4) is 0 Å². The van der Waals surface area contributed by atoms with Crippen LogP contribution in [0.5, 0.6) is 0 Å². The van der Waals surface area contributed by atoms with Crippen LogP contribution in [0.2, 0.25) is 5.15 Å². The molecule has 0 spiro atoms. The van der Waals surface area contributed by atoms with Gasteiger partial charge in [0, 0.05) is 12.7 Å². The van der Waals surface area contributed by atoms with Crippen LogP contribution in [0.4, 0.5) is 0 Å². The van der Waals surface area contributed by atoms with Crippen LogP contribution in [-0.4, -0.2) is 21.6 Å². The molecule has 4 nitrogen and oxygen atoms in total. The van der Waals surface area contributed by atoms with Crippen LogP contribution >= 0.6 is 11.6 Å². The SMILES string of the molecule is CCCC(O)(CCC)CC(=O)NCc1ccc(Cl)nc1. The van der Waals surface area contributed by atoms with Crippen LogP contribution in [0.1, 0.15) is 51.5 Å². The fourth-order valence-electron chi connectivity index (χ4n) is 2.31. The van der Waals surface area contributed by atoms with E-state index in [9.17, 15) is 9.90 Å². The fraction of sp³-hybridized carbons (Fsp3) is 0.600. The predicted molar refractivity (Wildman–Crippen MR) is 80.5 cm³/mol. The Hall–Kier alpha value is -1.13. The maximum absolute atomic E-state index is 11.9. The molecule has 0 aromatic carbocycles. The van der Waals surface area contributed by atoms with Crippen LogP contribution < -0.4 is 5.32 Å². The Balaban J connectivity index is 2.47. The third kappa shape index (κ3) is 5.88. The minimum atomic E-state index is -0.883. The summed E-state index contributed by atoms with van der Waals surface area (Å²) < 4.78 is 0. The Bertz CT molecular complexity index is 414. The summed E-state index contributed by atoms with van der Waals surface area (Å²) in [6.07, 6.45) is 4.81. The first-order valence-corrected chi connectivity index (χ1v) is 7.46. The second-order valence-electron chi connectivity index (χ2n) is 5.17. The molecule has 0 aliphatic carbocycles. The predicted octanol–water partition coefficient (Wildman–Crippen LogP) is 3.07. The van der Waals surface area contributed by atoms with E-state index in [1.807, 2.05) is 19.9 Å². The van der Waals surface area contributed by atoms with Crippen LogP contribution in [0.3, 0.4) is 0 Å². The molecule has 1 aromatic heterocycles. The fourth-order valence-corrected chi connectivity index (χ4v) is 2.42. The number of hydrogen-bond acceptors (Lipinski definition) is 3. The van der Waals surface area contributed by atoms with Gasteiger partial charge >= 0.3 is 0 Å². The lowest BCUT2D eigenvalue weighted by atomic mass is 9.89. The van der Waals surface area contributed by atoms with Gasteiger partial charge in [-0.1, -0.05) is 44.4 Å². The number of hydrogen-bond donors (Lipinski definition) is 2. The summed E-state index contributed by atoms with van der Waals surface area (Å²) >= 11 is 5.70. The summed E-state index contributed by atoms with van der Waals surface area (Å²) in [4.78, 5) is 15.9. The lowest BCUT2D eigenvalue weighted by Gasteiger charge is -2.26. The summed E-state index contributed by atoms with van der Waals surface area (Å²) in [5.74, 6) is -0.135. The maximum atomic E-state index is 11.9. The minimum Gasteiger partial charge on any atom is -0.389 e. The van der Waals surface area contributed by atoms with Crippen molar-refractivity contribution in [1.29, 1.82) is 0 Å². The molecule has 1 amide bonds. The van der Waals surface area contributed by atoms with Gasteiger partial charge in [0.1, 0.15) is 5.15 Å². The zero-order valence-corrected chi connectivity index (χ0v) is 12.9. The highest BCUT2D eigenvalue weighted by Crippen LogP contribution is 2.23. The summed E-state index contributed by atoms with van der Waals surface area (Å²) in [5, 5.41) is 13.7. The van der Waals surface area contributed by atoms with E-state index in [0.29, 0.717) is 24.5 Å². The van der Waals surface area contributed by atoms with Crippen molar-refractivity contribution in [2.45, 2.75) is 58.1 Å². The molecule has 1 heterocycles. The first kappa shape index (κ1) is 16.9. The van der Waals surface area contributed by atoms with E-state index in [2.05, 4.69) is 10.3 Å². The molecule has 112 valence electrons. The van der Waals surface area contributed by atoms with E-state index in [1.54, 1.807) is 12.3 Å². The van der Waals surface area contributed by atoms with Crippen molar-refractivity contribution in [3.63, 3.8) is 0 Å². The average Bonchev–Trinajstić information content (AvgIpc) is 2.38. The van der Waals surface area contributed by atoms with E-state index in [0.717, 1.165) is 18.4 Å². The van der Waals surface area contributed by atoms with Crippen molar-refractivity contribution in [3.05, 3.63) is 29.0 Å². The number of carbonyl (C=O) groups excluding carboxylic acids is 1. The molecule has 0 saturated carbocycles. The second kappa shape index (κ2) is 8.22. The van der Waals surface area contributed by atoms with Crippen molar-refractivity contribution < 1.29 is 9.90 Å². The molecule has 5 heteroatoms. The molecular weight excluding hydrogens is 276 g/mol. The van der Waals surface area contributed by atoms with Crippen LogP contribution in [0.15, 0.2) is 18.3 Å². The van der Waals surface area contributed by atoms with Gasteiger partial charge in [0.25, 0.3) is 0 Å². The molecule has 1 aromatic rings. The first-order valence-electron chi connectivity index (χ1n) is 7.08. The monoisotopic (exact) mass is 298 g/mol. The molecule has 0 bridgehead atoms. The number of halogens is 1. The highest BCUT2D eigenvalue weighted by Gasteiger charge is 2.27. The summed E-state index contributed by atoms with van der Waals surface area (Å²) in [5.41, 5.74) is 0.00326. The van der Waals surface area contributed by atoms with Gasteiger partial charge in [0.05, 0.1) is 12.0 Å². The molecule has 0 radical (unpaired) electrons. The Morgan fingerprint density at radius 2 is 2.00 bits per heavy atom. The van der Waals surface area contributed by atoms with E-state index in [4.69, 9.17) is 11.6 Å². The van der Waals surface area contributed by atoms with Crippen molar-refractivity contribution in [1.82, 2.24) is 10.3 Å². The number of aromatic nitrogens is 1. The van der Waals surface area contributed by atoms with Crippen LogP contribution in [-0.2, 0) is 11.3 Å². The van der Waals surface area contributed by atoms with E-state index >= 15 is 0 Å². The molecule has 0 fully saturated rings. The van der Waals surface area contributed by atoms with Crippen molar-refractivity contribution >= 4 is 17.5 Å². The highest BCUT2D eigenvalue weighted by atomic mass is 35.5. The third-order valence-corrected chi connectivity index (χ3v) is 3.42. The number of carbonyl (C=O) groups is 1. The number of pyridine rings is 1. The van der Waals surface area contributed by atoms with Gasteiger partial charge in [-0.3, -0.25) is 4.79 Å². The molecule has 0 saturated heterocycles. The summed E-state index contributed by atoms with van der Waals surface area (Å²) in [6, 6.07) is 3.51. The standard InChI is InChI=1S/C15H23ClN2O2/c1-3-7-15(20,8-4-2)9-14(19)18-11-12-5-6-13(16)17-10-12/h5-6,10,20H,3-4,7-9,11H2,1-2H3,(H,18,19). The Morgan fingerprint density at radius 3 is 2.50 bits per heavy atom. The lowest BCUT2D eigenvalue weighted by Crippen LogP contribution is -2.36. The molecule has 1 rings (SSSR count). The number of aliphatic hydroxyl groups is 1. The Morgan fingerprint density at radius 1 is 1.35 bits per heavy atom. The molecular formula is C15H23ClN2O2. The van der Waals surface area contributed by atoms with Gasteiger partial charge in [-0.05, 0) is 24.5 Å². The van der Waals surface area contributed by atoms with Gasteiger partial charge in [0.15, 0.2) is 0 Å². The van der Waals surface area contributed by atoms with Crippen LogP contribution in [0, 0.1) is 0 Å². The molecule has 0 atom stereocenters. The van der Waals surface area contributed by atoms with Gasteiger partial charge in [-0.25, -0.2) is 4.98 Å². The molecule has 2 N–H and O–H groups in total. The largest absolute Gasteiger partial charge is 0.389 e. The second-order valence-corrected chi connectivity index (χ2v) is 5.55. The van der Waals surface area contributed by atoms with Gasteiger partial charge in [-0.15, -0.1) is 0 Å². The van der Waals surface area contributed by atoms with E-state index < -0.39 is 5.60 Å². The number of nitrogens with one attached hydrogen (secondary N) is 1. The molecule has 0 aliphatic heterocycles. The lowest BCUT2D eigenvalue weighted by molar-refractivity contribution is -0.126. The average molecular weight is 299 g/mol. The number of nitrogens with zero attached hydrogens (tertiary/aromatic N) is 1. The van der Waals surface area contributed by atoms with Crippen molar-refractivity contribution in [2.75, 3.05) is 0 Å². The zero-order chi connectivity index (χ0) is 15.0. The first-order chi connectivity index (χ1) is 9.49. The van der Waals surface area contributed by atoms with Gasteiger partial charge in [-0.2, -0.15) is 0 Å². The molecule has 0 unspecified atom stereocenters.